The molecule has 0 bridgehead atoms. The highest BCUT2D eigenvalue weighted by atomic mass is 35.5. The number of halogens is 1. The summed E-state index contributed by atoms with van der Waals surface area (Å²) < 4.78 is 0.768. The van der Waals surface area contributed by atoms with E-state index >= 15 is 0 Å². The molecule has 2 nitrogen and oxygen atoms in total. The lowest BCUT2D eigenvalue weighted by molar-refractivity contribution is -0.118. The van der Waals surface area contributed by atoms with E-state index in [1.807, 2.05) is 49.5 Å². The number of hydrogen-bond donors (Lipinski definition) is 0. The highest BCUT2D eigenvalue weighted by molar-refractivity contribution is 7.16. The van der Waals surface area contributed by atoms with Gasteiger partial charge in [-0.2, -0.15) is 0 Å². The van der Waals surface area contributed by atoms with Crippen LogP contribution >= 0.6 is 22.9 Å². The van der Waals surface area contributed by atoms with Crippen molar-refractivity contribution in [2.24, 2.45) is 0 Å². The van der Waals surface area contributed by atoms with Crippen LogP contribution in [0.5, 0.6) is 0 Å². The highest BCUT2D eigenvalue weighted by Crippen LogP contribution is 2.27. The second-order valence-electron chi connectivity index (χ2n) is 5.16. The minimum Gasteiger partial charge on any atom is -0.315 e. The predicted molar refractivity (Wildman–Crippen MR) is 95.0 cm³/mol. The third kappa shape index (κ3) is 3.16. The standard InChI is InChI=1S/C18H16ClNOS/c1-20(18(21)12-10-14-9-11-17(19)22-14)16-8-4-6-13-5-2-3-7-15(13)16/h2-9,11H,10,12H2,1H3. The number of benzene rings is 2. The first kappa shape index (κ1) is 15.1. The molecule has 0 aliphatic carbocycles. The molecule has 0 unspecified atom stereocenters. The van der Waals surface area contributed by atoms with Crippen LogP contribution in [0.15, 0.2) is 54.6 Å². The molecule has 3 rings (SSSR count). The number of carbonyl (C=O) groups excluding carboxylic acids is 1. The zero-order valence-corrected chi connectivity index (χ0v) is 13.8. The molecule has 0 saturated heterocycles. The van der Waals surface area contributed by atoms with Crippen molar-refractivity contribution in [3.8, 4) is 0 Å². The lowest BCUT2D eigenvalue weighted by Gasteiger charge is -2.19. The zero-order valence-electron chi connectivity index (χ0n) is 12.3. The minimum atomic E-state index is 0.112. The van der Waals surface area contributed by atoms with Gasteiger partial charge in [0.1, 0.15) is 0 Å². The Morgan fingerprint density at radius 3 is 2.64 bits per heavy atom. The van der Waals surface area contributed by atoms with E-state index in [4.69, 9.17) is 11.6 Å². The second kappa shape index (κ2) is 6.51. The molecule has 0 spiro atoms. The van der Waals surface area contributed by atoms with Gasteiger partial charge in [-0.3, -0.25) is 4.79 Å². The monoisotopic (exact) mass is 329 g/mol. The Morgan fingerprint density at radius 2 is 1.86 bits per heavy atom. The van der Waals surface area contributed by atoms with E-state index in [0.717, 1.165) is 32.1 Å². The average Bonchev–Trinajstić information content (AvgIpc) is 2.97. The van der Waals surface area contributed by atoms with Crippen molar-refractivity contribution in [2.45, 2.75) is 12.8 Å². The lowest BCUT2D eigenvalue weighted by Crippen LogP contribution is -2.26. The van der Waals surface area contributed by atoms with E-state index in [1.165, 1.54) is 11.3 Å². The van der Waals surface area contributed by atoms with E-state index < -0.39 is 0 Å². The molecule has 1 heterocycles. The van der Waals surface area contributed by atoms with Crippen molar-refractivity contribution in [3.05, 3.63) is 63.8 Å². The lowest BCUT2D eigenvalue weighted by atomic mass is 10.1. The van der Waals surface area contributed by atoms with Gasteiger partial charge in [0.15, 0.2) is 0 Å². The first-order valence-electron chi connectivity index (χ1n) is 7.13. The summed E-state index contributed by atoms with van der Waals surface area (Å²) in [4.78, 5) is 15.4. The van der Waals surface area contributed by atoms with E-state index in [9.17, 15) is 4.79 Å². The Hall–Kier alpha value is -1.84. The number of thiophene rings is 1. The van der Waals surface area contributed by atoms with Gasteiger partial charge >= 0.3 is 0 Å². The number of fused-ring (bicyclic) bond motifs is 1. The topological polar surface area (TPSA) is 20.3 Å². The SMILES string of the molecule is CN(C(=O)CCc1ccc(Cl)s1)c1cccc2ccccc12. The number of amides is 1. The Balaban J connectivity index is 1.77. The number of rotatable bonds is 4. The van der Waals surface area contributed by atoms with Crippen LogP contribution in [0, 0.1) is 0 Å². The van der Waals surface area contributed by atoms with Crippen LogP contribution in [-0.4, -0.2) is 13.0 Å². The van der Waals surface area contributed by atoms with Crippen LogP contribution in [0.2, 0.25) is 4.34 Å². The van der Waals surface area contributed by atoms with Crippen molar-refractivity contribution in [1.82, 2.24) is 0 Å². The van der Waals surface area contributed by atoms with Crippen LogP contribution in [-0.2, 0) is 11.2 Å². The zero-order chi connectivity index (χ0) is 15.5. The molecule has 0 atom stereocenters. The summed E-state index contributed by atoms with van der Waals surface area (Å²) in [5.74, 6) is 0.112. The highest BCUT2D eigenvalue weighted by Gasteiger charge is 2.13. The number of nitrogens with zero attached hydrogens (tertiary/aromatic N) is 1. The predicted octanol–water partition coefficient (Wildman–Crippen LogP) is 5.15. The summed E-state index contributed by atoms with van der Waals surface area (Å²) in [7, 11) is 1.84. The van der Waals surface area contributed by atoms with Gasteiger partial charge < -0.3 is 4.90 Å². The number of aryl methyl sites for hydroxylation is 1. The maximum Gasteiger partial charge on any atom is 0.227 e. The molecular formula is C18H16ClNOS. The maximum absolute atomic E-state index is 12.5. The largest absolute Gasteiger partial charge is 0.315 e. The molecule has 1 aromatic heterocycles. The molecule has 0 N–H and O–H groups in total. The minimum absolute atomic E-state index is 0.112. The van der Waals surface area contributed by atoms with Gasteiger partial charge in [0.2, 0.25) is 5.91 Å². The van der Waals surface area contributed by atoms with Gasteiger partial charge in [-0.15, -0.1) is 11.3 Å². The molecule has 0 saturated carbocycles. The molecule has 0 aliphatic heterocycles. The molecular weight excluding hydrogens is 314 g/mol. The molecule has 2 aromatic carbocycles. The van der Waals surface area contributed by atoms with Crippen molar-refractivity contribution >= 4 is 45.3 Å². The Kier molecular flexibility index (Phi) is 4.46. The summed E-state index contributed by atoms with van der Waals surface area (Å²) in [6, 6.07) is 18.0. The van der Waals surface area contributed by atoms with Crippen molar-refractivity contribution in [1.29, 1.82) is 0 Å². The summed E-state index contributed by atoms with van der Waals surface area (Å²) in [6.07, 6.45) is 1.21. The van der Waals surface area contributed by atoms with Crippen molar-refractivity contribution in [2.75, 3.05) is 11.9 Å². The van der Waals surface area contributed by atoms with Crippen molar-refractivity contribution in [3.63, 3.8) is 0 Å². The summed E-state index contributed by atoms with van der Waals surface area (Å²) in [5.41, 5.74) is 0.951. The summed E-state index contributed by atoms with van der Waals surface area (Å²) >= 11 is 7.46. The molecule has 22 heavy (non-hydrogen) atoms. The fourth-order valence-electron chi connectivity index (χ4n) is 2.52. The average molecular weight is 330 g/mol. The van der Waals surface area contributed by atoms with E-state index in [0.29, 0.717) is 6.42 Å². The third-order valence-corrected chi connectivity index (χ3v) is 5.01. The van der Waals surface area contributed by atoms with Gasteiger partial charge in [0, 0.05) is 23.7 Å². The molecule has 0 radical (unpaired) electrons. The summed E-state index contributed by atoms with van der Waals surface area (Å²) in [5, 5.41) is 2.24. The Labute approximate surface area is 138 Å². The van der Waals surface area contributed by atoms with Crippen LogP contribution < -0.4 is 4.90 Å². The number of carbonyl (C=O) groups is 1. The van der Waals surface area contributed by atoms with Gasteiger partial charge in [-0.1, -0.05) is 48.0 Å². The van der Waals surface area contributed by atoms with Crippen LogP contribution in [0.4, 0.5) is 5.69 Å². The molecule has 1 amide bonds. The smallest absolute Gasteiger partial charge is 0.227 e. The molecule has 0 aliphatic rings. The van der Waals surface area contributed by atoms with Gasteiger partial charge in [0.25, 0.3) is 0 Å². The number of anilines is 1. The first-order valence-corrected chi connectivity index (χ1v) is 8.33. The van der Waals surface area contributed by atoms with Gasteiger partial charge in [-0.25, -0.2) is 0 Å². The van der Waals surface area contributed by atoms with E-state index in [1.54, 1.807) is 4.90 Å². The summed E-state index contributed by atoms with van der Waals surface area (Å²) in [6.45, 7) is 0. The Morgan fingerprint density at radius 1 is 1.09 bits per heavy atom. The normalized spacial score (nSPS) is 10.8. The Bertz CT molecular complexity index is 806. The fourth-order valence-corrected chi connectivity index (χ4v) is 3.61. The van der Waals surface area contributed by atoms with Crippen LogP contribution in [0.3, 0.4) is 0 Å². The quantitative estimate of drug-likeness (QED) is 0.648. The molecule has 0 fully saturated rings. The van der Waals surface area contributed by atoms with E-state index in [-0.39, 0.29) is 5.91 Å². The van der Waals surface area contributed by atoms with Crippen LogP contribution in [0.25, 0.3) is 10.8 Å². The van der Waals surface area contributed by atoms with Crippen LogP contribution in [0.1, 0.15) is 11.3 Å². The fraction of sp³-hybridized carbons (Fsp3) is 0.167. The third-order valence-electron chi connectivity index (χ3n) is 3.72. The van der Waals surface area contributed by atoms with E-state index in [2.05, 4.69) is 12.1 Å². The molecule has 3 aromatic rings. The number of hydrogen-bond acceptors (Lipinski definition) is 2. The molecule has 4 heteroatoms. The molecule has 112 valence electrons. The van der Waals surface area contributed by atoms with Gasteiger partial charge in [0.05, 0.1) is 10.0 Å². The first-order chi connectivity index (χ1) is 10.6. The van der Waals surface area contributed by atoms with Crippen molar-refractivity contribution < 1.29 is 4.79 Å². The maximum atomic E-state index is 12.5. The van der Waals surface area contributed by atoms with Gasteiger partial charge in [-0.05, 0) is 30.0 Å². The second-order valence-corrected chi connectivity index (χ2v) is 6.96.